The molecule has 1 aromatic rings. The average Bonchev–Trinajstić information content (AvgIpc) is 3.27. The maximum atomic E-state index is 12.7. The van der Waals surface area contributed by atoms with Crippen LogP contribution in [0.5, 0.6) is 5.75 Å². The first kappa shape index (κ1) is 17.5. The molecule has 3 rings (SSSR count). The van der Waals surface area contributed by atoms with Crippen LogP contribution >= 0.6 is 0 Å². The lowest BCUT2D eigenvalue weighted by molar-refractivity contribution is -0.132. The quantitative estimate of drug-likeness (QED) is 0.680. The summed E-state index contributed by atoms with van der Waals surface area (Å²) in [6.07, 6.45) is 10.8. The molecule has 5 nitrogen and oxygen atoms in total. The number of hydrogen-bond donors (Lipinski definition) is 0. The summed E-state index contributed by atoms with van der Waals surface area (Å²) in [7, 11) is 1.69. The van der Waals surface area contributed by atoms with Gasteiger partial charge in [0.1, 0.15) is 5.75 Å². The van der Waals surface area contributed by atoms with Crippen LogP contribution in [0.25, 0.3) is 0 Å². The van der Waals surface area contributed by atoms with E-state index in [-0.39, 0.29) is 17.6 Å². The first-order valence-corrected chi connectivity index (χ1v) is 8.96. The Morgan fingerprint density at radius 3 is 2.92 bits per heavy atom. The Morgan fingerprint density at radius 2 is 2.20 bits per heavy atom. The summed E-state index contributed by atoms with van der Waals surface area (Å²) in [5.74, 6) is 3.72. The number of carbonyl (C=O) groups is 1. The summed E-state index contributed by atoms with van der Waals surface area (Å²) in [6, 6.07) is 8.29. The van der Waals surface area contributed by atoms with Crippen LogP contribution in [0.3, 0.4) is 0 Å². The van der Waals surface area contributed by atoms with Gasteiger partial charge in [0, 0.05) is 38.3 Å². The minimum atomic E-state index is -0.375. The summed E-state index contributed by atoms with van der Waals surface area (Å²) in [5, 5.41) is 8.24. The number of terminal acetylenes is 1. The molecule has 0 aliphatic carbocycles. The SMILES string of the molecule is C#CCCC1(CCC(=O)N2CCCC2Cc2ccccc2OC)N=N1. The number of ether oxygens (including phenoxy) is 1. The fraction of sp³-hybridized carbons (Fsp3) is 0.550. The van der Waals surface area contributed by atoms with Gasteiger partial charge >= 0.3 is 0 Å². The molecular formula is C20H25N3O2. The van der Waals surface area contributed by atoms with E-state index >= 15 is 0 Å². The number of hydrogen-bond acceptors (Lipinski definition) is 4. The van der Waals surface area contributed by atoms with Gasteiger partial charge in [-0.25, -0.2) is 0 Å². The Morgan fingerprint density at radius 1 is 1.40 bits per heavy atom. The van der Waals surface area contributed by atoms with Crippen molar-refractivity contribution >= 4 is 5.91 Å². The van der Waals surface area contributed by atoms with Gasteiger partial charge in [0.2, 0.25) is 5.91 Å². The zero-order chi connectivity index (χ0) is 17.7. The van der Waals surface area contributed by atoms with Gasteiger partial charge in [-0.1, -0.05) is 18.2 Å². The van der Waals surface area contributed by atoms with Crippen molar-refractivity contribution in [2.24, 2.45) is 10.2 Å². The Balaban J connectivity index is 1.56. The summed E-state index contributed by atoms with van der Waals surface area (Å²) in [4.78, 5) is 14.8. The Hall–Kier alpha value is -2.35. The summed E-state index contributed by atoms with van der Waals surface area (Å²) >= 11 is 0. The Bertz CT molecular complexity index is 686. The molecule has 0 N–H and O–H groups in total. The maximum Gasteiger partial charge on any atom is 0.222 e. The van der Waals surface area contributed by atoms with E-state index in [4.69, 9.17) is 11.2 Å². The van der Waals surface area contributed by atoms with Crippen molar-refractivity contribution in [3.63, 3.8) is 0 Å². The molecule has 132 valence electrons. The van der Waals surface area contributed by atoms with E-state index in [1.54, 1.807) is 7.11 Å². The fourth-order valence-corrected chi connectivity index (χ4v) is 3.62. The molecule has 0 bridgehead atoms. The number of benzene rings is 1. The summed E-state index contributed by atoms with van der Waals surface area (Å²) < 4.78 is 5.44. The van der Waals surface area contributed by atoms with Crippen LogP contribution in [0.1, 0.15) is 44.1 Å². The number of nitrogens with zero attached hydrogens (tertiary/aromatic N) is 3. The number of para-hydroxylation sites is 1. The molecule has 25 heavy (non-hydrogen) atoms. The van der Waals surface area contributed by atoms with Crippen LogP contribution in [-0.2, 0) is 11.2 Å². The molecular weight excluding hydrogens is 314 g/mol. The number of rotatable bonds is 8. The minimum absolute atomic E-state index is 0.204. The Kier molecular flexibility index (Phi) is 5.37. The van der Waals surface area contributed by atoms with E-state index in [0.29, 0.717) is 19.3 Å². The van der Waals surface area contributed by atoms with Crippen LogP contribution < -0.4 is 4.74 Å². The van der Waals surface area contributed by atoms with Crippen LogP contribution in [0.2, 0.25) is 0 Å². The molecule has 2 aliphatic heterocycles. The number of carbonyl (C=O) groups excluding carboxylic acids is 1. The zero-order valence-corrected chi connectivity index (χ0v) is 14.8. The molecule has 1 atom stereocenters. The molecule has 1 aromatic carbocycles. The second-order valence-electron chi connectivity index (χ2n) is 6.79. The van der Waals surface area contributed by atoms with Crippen LogP contribution in [0, 0.1) is 12.3 Å². The molecule has 0 saturated carbocycles. The van der Waals surface area contributed by atoms with Crippen LogP contribution in [-0.4, -0.2) is 36.2 Å². The minimum Gasteiger partial charge on any atom is -0.496 e. The molecule has 0 radical (unpaired) electrons. The molecule has 5 heteroatoms. The number of likely N-dealkylation sites (tertiary alicyclic amines) is 1. The normalized spacial score (nSPS) is 20.3. The average molecular weight is 339 g/mol. The van der Waals surface area contributed by atoms with Crippen molar-refractivity contribution in [2.45, 2.75) is 56.7 Å². The van der Waals surface area contributed by atoms with Crippen molar-refractivity contribution < 1.29 is 9.53 Å². The lowest BCUT2D eigenvalue weighted by Gasteiger charge is -2.26. The highest BCUT2D eigenvalue weighted by molar-refractivity contribution is 5.77. The number of amides is 1. The third-order valence-electron chi connectivity index (χ3n) is 5.14. The van der Waals surface area contributed by atoms with E-state index in [1.807, 2.05) is 23.1 Å². The van der Waals surface area contributed by atoms with Gasteiger partial charge in [-0.2, -0.15) is 10.2 Å². The lowest BCUT2D eigenvalue weighted by atomic mass is 10.0. The zero-order valence-electron chi connectivity index (χ0n) is 14.8. The molecule has 1 saturated heterocycles. The van der Waals surface area contributed by atoms with Gasteiger partial charge in [0.05, 0.1) is 7.11 Å². The van der Waals surface area contributed by atoms with E-state index in [0.717, 1.165) is 43.5 Å². The van der Waals surface area contributed by atoms with Gasteiger partial charge in [-0.05, 0) is 30.9 Å². The van der Waals surface area contributed by atoms with Gasteiger partial charge in [-0.15, -0.1) is 12.3 Å². The Labute approximate surface area is 149 Å². The van der Waals surface area contributed by atoms with E-state index in [2.05, 4.69) is 22.2 Å². The van der Waals surface area contributed by atoms with Crippen LogP contribution in [0.15, 0.2) is 34.5 Å². The molecule has 0 aromatic heterocycles. The first-order valence-electron chi connectivity index (χ1n) is 8.96. The monoisotopic (exact) mass is 339 g/mol. The topological polar surface area (TPSA) is 54.3 Å². The molecule has 2 aliphatic rings. The lowest BCUT2D eigenvalue weighted by Crippen LogP contribution is -2.37. The van der Waals surface area contributed by atoms with Crippen molar-refractivity contribution in [3.05, 3.63) is 29.8 Å². The number of methoxy groups -OCH3 is 1. The summed E-state index contributed by atoms with van der Waals surface area (Å²) in [6.45, 7) is 0.838. The fourth-order valence-electron chi connectivity index (χ4n) is 3.62. The highest BCUT2D eigenvalue weighted by Gasteiger charge is 2.40. The molecule has 1 amide bonds. The van der Waals surface area contributed by atoms with E-state index in [9.17, 15) is 4.79 Å². The predicted octanol–water partition coefficient (Wildman–Crippen LogP) is 3.58. The van der Waals surface area contributed by atoms with Crippen molar-refractivity contribution in [1.82, 2.24) is 4.90 Å². The van der Waals surface area contributed by atoms with E-state index in [1.165, 1.54) is 0 Å². The highest BCUT2D eigenvalue weighted by Crippen LogP contribution is 2.38. The third-order valence-corrected chi connectivity index (χ3v) is 5.14. The second-order valence-corrected chi connectivity index (χ2v) is 6.79. The summed E-state index contributed by atoms with van der Waals surface area (Å²) in [5.41, 5.74) is 0.785. The van der Waals surface area contributed by atoms with Crippen LogP contribution in [0.4, 0.5) is 0 Å². The maximum absolute atomic E-state index is 12.7. The third kappa shape index (κ3) is 4.19. The molecule has 2 heterocycles. The molecule has 1 unspecified atom stereocenters. The predicted molar refractivity (Wildman–Crippen MR) is 96.3 cm³/mol. The smallest absolute Gasteiger partial charge is 0.222 e. The second kappa shape index (κ2) is 7.69. The van der Waals surface area contributed by atoms with Gasteiger partial charge in [-0.3, -0.25) is 4.79 Å². The van der Waals surface area contributed by atoms with Crippen molar-refractivity contribution in [2.75, 3.05) is 13.7 Å². The highest BCUT2D eigenvalue weighted by atomic mass is 16.5. The first-order chi connectivity index (χ1) is 12.2. The largest absolute Gasteiger partial charge is 0.496 e. The van der Waals surface area contributed by atoms with E-state index < -0.39 is 0 Å². The van der Waals surface area contributed by atoms with Crippen molar-refractivity contribution in [3.8, 4) is 18.1 Å². The standard InChI is InChI=1S/C20H25N3O2/c1-3-4-12-20(21-22-20)13-11-19(24)23-14-7-9-17(23)15-16-8-5-6-10-18(16)25-2/h1,5-6,8,10,17H,4,7,9,11-15H2,2H3. The molecule has 0 spiro atoms. The van der Waals surface area contributed by atoms with Crippen molar-refractivity contribution in [1.29, 1.82) is 0 Å². The van der Waals surface area contributed by atoms with Gasteiger partial charge in [0.25, 0.3) is 0 Å². The molecule has 1 fully saturated rings. The van der Waals surface area contributed by atoms with Gasteiger partial charge < -0.3 is 9.64 Å². The van der Waals surface area contributed by atoms with Gasteiger partial charge in [0.15, 0.2) is 5.66 Å².